The molecule has 8 heteroatoms. The van der Waals surface area contributed by atoms with Gasteiger partial charge in [0.25, 0.3) is 10.0 Å². The zero-order valence-corrected chi connectivity index (χ0v) is 13.0. The molecule has 0 amide bonds. The predicted octanol–water partition coefficient (Wildman–Crippen LogP) is 3.98. The molecule has 0 spiro atoms. The van der Waals surface area contributed by atoms with Crippen LogP contribution in [0.25, 0.3) is 0 Å². The molecule has 0 saturated carbocycles. The van der Waals surface area contributed by atoms with E-state index in [1.807, 2.05) is 0 Å². The number of halogens is 4. The van der Waals surface area contributed by atoms with Crippen molar-refractivity contribution in [1.82, 2.24) is 0 Å². The maximum absolute atomic E-state index is 13.6. The smallest absolute Gasteiger partial charge is 0.264 e. The van der Waals surface area contributed by atoms with Gasteiger partial charge in [-0.15, -0.1) is 0 Å². The van der Waals surface area contributed by atoms with Crippen LogP contribution in [-0.2, 0) is 10.0 Å². The van der Waals surface area contributed by atoms with Gasteiger partial charge in [0.05, 0.1) is 10.2 Å². The van der Waals surface area contributed by atoms with Gasteiger partial charge in [-0.2, -0.15) is 0 Å². The molecule has 0 unspecified atom stereocenters. The summed E-state index contributed by atoms with van der Waals surface area (Å²) in [6.07, 6.45) is 0. The highest BCUT2D eigenvalue weighted by Gasteiger charge is 2.21. The average molecular weight is 380 g/mol. The van der Waals surface area contributed by atoms with Gasteiger partial charge in [-0.05, 0) is 52.7 Å². The second-order valence-corrected chi connectivity index (χ2v) is 6.77. The number of benzene rings is 2. The Morgan fingerprint density at radius 1 is 1.05 bits per heavy atom. The number of nitrogens with one attached hydrogen (secondary N) is 1. The Morgan fingerprint density at radius 2 is 1.71 bits per heavy atom. The Bertz CT molecular complexity index is 809. The van der Waals surface area contributed by atoms with E-state index in [9.17, 15) is 21.6 Å². The first-order chi connectivity index (χ1) is 9.70. The van der Waals surface area contributed by atoms with Crippen molar-refractivity contribution in [2.45, 2.75) is 11.8 Å². The molecule has 2 aromatic carbocycles. The van der Waals surface area contributed by atoms with Gasteiger partial charge >= 0.3 is 0 Å². The number of hydrogen-bond donors (Lipinski definition) is 1. The summed E-state index contributed by atoms with van der Waals surface area (Å²) in [5, 5.41) is 0. The van der Waals surface area contributed by atoms with Crippen LogP contribution >= 0.6 is 15.9 Å². The SMILES string of the molecule is Cc1cc(F)c(Br)cc1NS(=O)(=O)c1ccc(F)cc1F. The Balaban J connectivity index is 2.45. The van der Waals surface area contributed by atoms with Crippen molar-refractivity contribution in [3.63, 3.8) is 0 Å². The lowest BCUT2D eigenvalue weighted by atomic mass is 10.2. The summed E-state index contributed by atoms with van der Waals surface area (Å²) in [7, 11) is -4.25. The molecule has 0 fully saturated rings. The average Bonchev–Trinajstić information content (AvgIpc) is 2.35. The van der Waals surface area contributed by atoms with Crippen molar-refractivity contribution in [2.75, 3.05) is 4.72 Å². The maximum Gasteiger partial charge on any atom is 0.264 e. The minimum atomic E-state index is -4.25. The van der Waals surface area contributed by atoms with Gasteiger partial charge in [-0.1, -0.05) is 0 Å². The lowest BCUT2D eigenvalue weighted by Gasteiger charge is -2.12. The van der Waals surface area contributed by atoms with Crippen LogP contribution in [-0.4, -0.2) is 8.42 Å². The summed E-state index contributed by atoms with van der Waals surface area (Å²) in [4.78, 5) is -0.691. The normalized spacial score (nSPS) is 11.5. The summed E-state index contributed by atoms with van der Waals surface area (Å²) >= 11 is 2.93. The quantitative estimate of drug-likeness (QED) is 0.876. The third-order valence-corrected chi connectivity index (χ3v) is 4.70. The summed E-state index contributed by atoms with van der Waals surface area (Å²) < 4.78 is 66.1. The molecule has 0 aliphatic heterocycles. The molecule has 2 aromatic rings. The molecule has 0 aliphatic carbocycles. The summed E-state index contributed by atoms with van der Waals surface area (Å²) in [6.45, 7) is 1.49. The van der Waals surface area contributed by atoms with Crippen molar-refractivity contribution in [3.8, 4) is 0 Å². The fourth-order valence-electron chi connectivity index (χ4n) is 1.65. The Hall–Kier alpha value is -1.54. The summed E-state index contributed by atoms with van der Waals surface area (Å²) in [5.41, 5.74) is 0.411. The zero-order chi connectivity index (χ0) is 15.8. The van der Waals surface area contributed by atoms with Crippen molar-refractivity contribution < 1.29 is 21.6 Å². The highest BCUT2D eigenvalue weighted by atomic mass is 79.9. The molecular weight excluding hydrogens is 371 g/mol. The minimum absolute atomic E-state index is 0.0605. The van der Waals surface area contributed by atoms with E-state index in [4.69, 9.17) is 0 Å². The van der Waals surface area contributed by atoms with Gasteiger partial charge in [0, 0.05) is 6.07 Å². The molecule has 1 N–H and O–H groups in total. The lowest BCUT2D eigenvalue weighted by Crippen LogP contribution is -2.15. The van der Waals surface area contributed by atoms with E-state index in [0.29, 0.717) is 11.6 Å². The van der Waals surface area contributed by atoms with Gasteiger partial charge < -0.3 is 0 Å². The molecule has 0 atom stereocenters. The highest BCUT2D eigenvalue weighted by molar-refractivity contribution is 9.10. The third kappa shape index (κ3) is 3.38. The van der Waals surface area contributed by atoms with Crippen LogP contribution in [0.3, 0.4) is 0 Å². The standard InChI is InChI=1S/C13H9BrF3NO2S/c1-7-4-10(16)9(14)6-12(7)18-21(19,20)13-3-2-8(15)5-11(13)17/h2-6,18H,1H3. The van der Waals surface area contributed by atoms with E-state index in [1.165, 1.54) is 13.0 Å². The maximum atomic E-state index is 13.6. The van der Waals surface area contributed by atoms with E-state index < -0.39 is 32.4 Å². The number of rotatable bonds is 3. The topological polar surface area (TPSA) is 46.2 Å². The predicted molar refractivity (Wildman–Crippen MR) is 76.0 cm³/mol. The summed E-state index contributed by atoms with van der Waals surface area (Å²) in [5.74, 6) is -2.64. The highest BCUT2D eigenvalue weighted by Crippen LogP contribution is 2.27. The lowest BCUT2D eigenvalue weighted by molar-refractivity contribution is 0.551. The molecule has 2 rings (SSSR count). The minimum Gasteiger partial charge on any atom is -0.279 e. The molecule has 112 valence electrons. The molecular formula is C13H9BrF3NO2S. The number of anilines is 1. The van der Waals surface area contributed by atoms with Crippen LogP contribution in [0.2, 0.25) is 0 Å². The molecule has 0 heterocycles. The van der Waals surface area contributed by atoms with Crippen molar-refractivity contribution >= 4 is 31.6 Å². The summed E-state index contributed by atoms with van der Waals surface area (Å²) in [6, 6.07) is 4.49. The molecule has 0 saturated heterocycles. The molecule has 3 nitrogen and oxygen atoms in total. The van der Waals surface area contributed by atoms with E-state index in [-0.39, 0.29) is 10.2 Å². The monoisotopic (exact) mass is 379 g/mol. The van der Waals surface area contributed by atoms with Crippen molar-refractivity contribution in [1.29, 1.82) is 0 Å². The van der Waals surface area contributed by atoms with Crippen molar-refractivity contribution in [3.05, 3.63) is 57.8 Å². The first kappa shape index (κ1) is 15.8. The van der Waals surface area contributed by atoms with Crippen LogP contribution < -0.4 is 4.72 Å². The number of aryl methyl sites for hydroxylation is 1. The van der Waals surface area contributed by atoms with Crippen molar-refractivity contribution in [2.24, 2.45) is 0 Å². The van der Waals surface area contributed by atoms with Gasteiger partial charge in [0.1, 0.15) is 22.3 Å². The van der Waals surface area contributed by atoms with E-state index in [2.05, 4.69) is 20.7 Å². The van der Waals surface area contributed by atoms with Gasteiger partial charge in [-0.25, -0.2) is 21.6 Å². The van der Waals surface area contributed by atoms with Crippen LogP contribution in [0.4, 0.5) is 18.9 Å². The zero-order valence-electron chi connectivity index (χ0n) is 10.6. The first-order valence-electron chi connectivity index (χ1n) is 5.64. The second kappa shape index (κ2) is 5.69. The van der Waals surface area contributed by atoms with Crippen LogP contribution in [0.15, 0.2) is 39.7 Å². The molecule has 0 bridgehead atoms. The Labute approximate surface area is 128 Å². The second-order valence-electron chi connectivity index (χ2n) is 4.26. The van der Waals surface area contributed by atoms with Crippen LogP contribution in [0, 0.1) is 24.4 Å². The van der Waals surface area contributed by atoms with Crippen LogP contribution in [0.1, 0.15) is 5.56 Å². The third-order valence-electron chi connectivity index (χ3n) is 2.70. The fraction of sp³-hybridized carbons (Fsp3) is 0.0769. The Morgan fingerprint density at radius 3 is 2.33 bits per heavy atom. The van der Waals surface area contributed by atoms with E-state index in [0.717, 1.165) is 18.2 Å². The Kier molecular flexibility index (Phi) is 4.29. The van der Waals surface area contributed by atoms with E-state index in [1.54, 1.807) is 0 Å². The number of sulfonamides is 1. The van der Waals surface area contributed by atoms with Gasteiger partial charge in [0.15, 0.2) is 0 Å². The largest absolute Gasteiger partial charge is 0.279 e. The molecule has 0 radical (unpaired) electrons. The molecule has 21 heavy (non-hydrogen) atoms. The van der Waals surface area contributed by atoms with E-state index >= 15 is 0 Å². The fourth-order valence-corrected chi connectivity index (χ4v) is 3.17. The molecule has 0 aromatic heterocycles. The van der Waals surface area contributed by atoms with Crippen LogP contribution in [0.5, 0.6) is 0 Å². The molecule has 0 aliphatic rings. The van der Waals surface area contributed by atoms with Gasteiger partial charge in [-0.3, -0.25) is 4.72 Å². The van der Waals surface area contributed by atoms with Gasteiger partial charge in [0.2, 0.25) is 0 Å². The first-order valence-corrected chi connectivity index (χ1v) is 7.92. The number of hydrogen-bond acceptors (Lipinski definition) is 2.